The zero-order valence-electron chi connectivity index (χ0n) is 10.3. The Balaban J connectivity index is 2.21. The number of ether oxygens (including phenoxy) is 1. The van der Waals surface area contributed by atoms with Gasteiger partial charge >= 0.3 is 0 Å². The fourth-order valence-electron chi connectivity index (χ4n) is 1.51. The van der Waals surface area contributed by atoms with E-state index in [9.17, 15) is 0 Å². The SMILES string of the molecule is CCN(CCOc1ccccc1)CCC(N)=S. The molecule has 0 aromatic heterocycles. The first-order chi connectivity index (χ1) is 8.22. The fourth-order valence-corrected chi connectivity index (χ4v) is 1.60. The van der Waals surface area contributed by atoms with Crippen molar-refractivity contribution < 1.29 is 4.74 Å². The molecule has 1 rings (SSSR count). The average Bonchev–Trinajstić information content (AvgIpc) is 2.34. The maximum atomic E-state index is 5.64. The molecule has 0 spiro atoms. The molecule has 0 aliphatic rings. The summed E-state index contributed by atoms with van der Waals surface area (Å²) < 4.78 is 5.64. The molecule has 4 heteroatoms. The van der Waals surface area contributed by atoms with E-state index < -0.39 is 0 Å². The molecule has 0 aliphatic heterocycles. The molecule has 0 saturated heterocycles. The molecule has 94 valence electrons. The van der Waals surface area contributed by atoms with Crippen molar-refractivity contribution in [3.8, 4) is 5.75 Å². The van der Waals surface area contributed by atoms with Crippen LogP contribution in [0.5, 0.6) is 5.75 Å². The van der Waals surface area contributed by atoms with Crippen molar-refractivity contribution in [2.24, 2.45) is 5.73 Å². The van der Waals surface area contributed by atoms with Crippen molar-refractivity contribution in [2.45, 2.75) is 13.3 Å². The number of para-hydroxylation sites is 1. The Hall–Kier alpha value is -1.13. The van der Waals surface area contributed by atoms with E-state index in [0.717, 1.165) is 31.8 Å². The highest BCUT2D eigenvalue weighted by molar-refractivity contribution is 7.80. The lowest BCUT2D eigenvalue weighted by atomic mass is 10.3. The van der Waals surface area contributed by atoms with E-state index in [1.54, 1.807) is 0 Å². The van der Waals surface area contributed by atoms with Crippen LogP contribution in [-0.2, 0) is 0 Å². The van der Waals surface area contributed by atoms with Gasteiger partial charge in [0, 0.05) is 19.5 Å². The third kappa shape index (κ3) is 6.24. The first-order valence-corrected chi connectivity index (χ1v) is 6.31. The number of nitrogens with two attached hydrogens (primary N) is 1. The second-order valence-electron chi connectivity index (χ2n) is 3.81. The van der Waals surface area contributed by atoms with Gasteiger partial charge in [-0.3, -0.25) is 4.90 Å². The summed E-state index contributed by atoms with van der Waals surface area (Å²) in [4.78, 5) is 2.86. The van der Waals surface area contributed by atoms with Gasteiger partial charge in [-0.2, -0.15) is 0 Å². The van der Waals surface area contributed by atoms with Crippen LogP contribution in [0.3, 0.4) is 0 Å². The number of benzene rings is 1. The van der Waals surface area contributed by atoms with Crippen LogP contribution in [0.4, 0.5) is 0 Å². The van der Waals surface area contributed by atoms with Crippen LogP contribution in [0.1, 0.15) is 13.3 Å². The normalized spacial score (nSPS) is 10.5. The van der Waals surface area contributed by atoms with Crippen LogP contribution in [0.25, 0.3) is 0 Å². The third-order valence-corrected chi connectivity index (χ3v) is 2.75. The van der Waals surface area contributed by atoms with Crippen LogP contribution in [0, 0.1) is 0 Å². The zero-order valence-corrected chi connectivity index (χ0v) is 11.1. The van der Waals surface area contributed by atoms with Gasteiger partial charge in [0.2, 0.25) is 0 Å². The Labute approximate surface area is 109 Å². The molecule has 0 atom stereocenters. The van der Waals surface area contributed by atoms with E-state index in [1.807, 2.05) is 30.3 Å². The largest absolute Gasteiger partial charge is 0.492 e. The minimum Gasteiger partial charge on any atom is -0.492 e. The molecule has 0 fully saturated rings. The lowest BCUT2D eigenvalue weighted by Crippen LogP contribution is -2.31. The predicted octanol–water partition coefficient (Wildman–Crippen LogP) is 2.06. The second-order valence-corrected chi connectivity index (χ2v) is 4.34. The van der Waals surface area contributed by atoms with E-state index >= 15 is 0 Å². The smallest absolute Gasteiger partial charge is 0.119 e. The summed E-state index contributed by atoms with van der Waals surface area (Å²) in [6, 6.07) is 9.85. The van der Waals surface area contributed by atoms with Gasteiger partial charge in [-0.1, -0.05) is 37.3 Å². The number of thiocarbonyl (C=S) groups is 1. The van der Waals surface area contributed by atoms with Gasteiger partial charge in [0.05, 0.1) is 4.99 Å². The van der Waals surface area contributed by atoms with Crippen LogP contribution in [-0.4, -0.2) is 36.1 Å². The molecule has 0 heterocycles. The summed E-state index contributed by atoms with van der Waals surface area (Å²) in [7, 11) is 0. The summed E-state index contributed by atoms with van der Waals surface area (Å²) in [5, 5.41) is 0. The van der Waals surface area contributed by atoms with E-state index in [2.05, 4.69) is 11.8 Å². The standard InChI is InChI=1S/C13H20N2OS/c1-2-15(9-8-13(14)17)10-11-16-12-6-4-3-5-7-12/h3-7H,2,8-11H2,1H3,(H2,14,17). The van der Waals surface area contributed by atoms with Crippen LogP contribution in [0.2, 0.25) is 0 Å². The zero-order chi connectivity index (χ0) is 12.5. The van der Waals surface area contributed by atoms with Crippen molar-refractivity contribution in [3.05, 3.63) is 30.3 Å². The number of rotatable bonds is 8. The molecule has 2 N–H and O–H groups in total. The van der Waals surface area contributed by atoms with Crippen LogP contribution < -0.4 is 10.5 Å². The molecule has 3 nitrogen and oxygen atoms in total. The van der Waals surface area contributed by atoms with Crippen molar-refractivity contribution in [2.75, 3.05) is 26.2 Å². The summed E-state index contributed by atoms with van der Waals surface area (Å²) in [5.74, 6) is 0.915. The number of hydrogen-bond donors (Lipinski definition) is 1. The average molecular weight is 252 g/mol. The Morgan fingerprint density at radius 2 is 2.00 bits per heavy atom. The summed E-state index contributed by atoms with van der Waals surface area (Å²) in [6.07, 6.45) is 0.772. The van der Waals surface area contributed by atoms with E-state index in [0.29, 0.717) is 11.6 Å². The molecule has 0 amide bonds. The first-order valence-electron chi connectivity index (χ1n) is 5.91. The van der Waals surface area contributed by atoms with Crippen molar-refractivity contribution in [1.29, 1.82) is 0 Å². The maximum absolute atomic E-state index is 5.64. The van der Waals surface area contributed by atoms with Gasteiger partial charge in [-0.05, 0) is 18.7 Å². The molecule has 17 heavy (non-hydrogen) atoms. The van der Waals surface area contributed by atoms with Crippen LogP contribution in [0.15, 0.2) is 30.3 Å². The van der Waals surface area contributed by atoms with E-state index in [4.69, 9.17) is 22.7 Å². The van der Waals surface area contributed by atoms with Crippen molar-refractivity contribution in [3.63, 3.8) is 0 Å². The molecule has 0 saturated carbocycles. The van der Waals surface area contributed by atoms with Crippen LogP contribution >= 0.6 is 12.2 Å². The van der Waals surface area contributed by atoms with Gasteiger partial charge in [-0.25, -0.2) is 0 Å². The highest BCUT2D eigenvalue weighted by Crippen LogP contribution is 2.07. The molecule has 0 bridgehead atoms. The lowest BCUT2D eigenvalue weighted by Gasteiger charge is -2.20. The number of likely N-dealkylation sites (N-methyl/N-ethyl adjacent to an activating group) is 1. The summed E-state index contributed by atoms with van der Waals surface area (Å²) >= 11 is 4.87. The molecule has 0 radical (unpaired) electrons. The molecule has 0 aliphatic carbocycles. The highest BCUT2D eigenvalue weighted by Gasteiger charge is 2.03. The topological polar surface area (TPSA) is 38.5 Å². The Bertz CT molecular complexity index is 329. The number of nitrogens with zero attached hydrogens (tertiary/aromatic N) is 1. The maximum Gasteiger partial charge on any atom is 0.119 e. The van der Waals surface area contributed by atoms with Gasteiger partial charge in [0.25, 0.3) is 0 Å². The minimum atomic E-state index is 0.576. The summed E-state index contributed by atoms with van der Waals surface area (Å²) in [5.41, 5.74) is 5.49. The van der Waals surface area contributed by atoms with Gasteiger partial charge in [0.1, 0.15) is 12.4 Å². The molecule has 0 unspecified atom stereocenters. The van der Waals surface area contributed by atoms with Gasteiger partial charge < -0.3 is 10.5 Å². The second kappa shape index (κ2) is 8.03. The fraction of sp³-hybridized carbons (Fsp3) is 0.462. The third-order valence-electron chi connectivity index (χ3n) is 2.54. The minimum absolute atomic E-state index is 0.576. The molecule has 1 aromatic carbocycles. The van der Waals surface area contributed by atoms with E-state index in [-0.39, 0.29) is 0 Å². The van der Waals surface area contributed by atoms with Gasteiger partial charge in [0.15, 0.2) is 0 Å². The highest BCUT2D eigenvalue weighted by atomic mass is 32.1. The molecular formula is C13H20N2OS. The van der Waals surface area contributed by atoms with E-state index in [1.165, 1.54) is 0 Å². The quantitative estimate of drug-likeness (QED) is 0.719. The molecule has 1 aromatic rings. The summed E-state index contributed by atoms with van der Waals surface area (Å²) in [6.45, 7) is 5.61. The van der Waals surface area contributed by atoms with Crippen molar-refractivity contribution >= 4 is 17.2 Å². The predicted molar refractivity (Wildman–Crippen MR) is 75.5 cm³/mol. The Kier molecular flexibility index (Phi) is 6.58. The van der Waals surface area contributed by atoms with Gasteiger partial charge in [-0.15, -0.1) is 0 Å². The molecular weight excluding hydrogens is 232 g/mol. The first kappa shape index (κ1) is 13.9. The monoisotopic (exact) mass is 252 g/mol. The van der Waals surface area contributed by atoms with Crippen molar-refractivity contribution in [1.82, 2.24) is 4.90 Å². The Morgan fingerprint density at radius 1 is 1.29 bits per heavy atom. The lowest BCUT2D eigenvalue weighted by molar-refractivity contribution is 0.219. The Morgan fingerprint density at radius 3 is 2.59 bits per heavy atom. The number of hydrogen-bond acceptors (Lipinski definition) is 3.